The molecule has 0 saturated carbocycles. The first-order valence-electron chi connectivity index (χ1n) is 12.2. The van der Waals surface area contributed by atoms with Gasteiger partial charge in [0.25, 0.3) is 5.91 Å². The number of fused-ring (bicyclic) bond motifs is 1. The Kier molecular flexibility index (Phi) is 7.11. The summed E-state index contributed by atoms with van der Waals surface area (Å²) in [5, 5.41) is 24.5. The van der Waals surface area contributed by atoms with E-state index in [2.05, 4.69) is 56.5 Å². The van der Waals surface area contributed by atoms with Gasteiger partial charge in [0.1, 0.15) is 11.5 Å². The zero-order valence-electron chi connectivity index (χ0n) is 20.0. The summed E-state index contributed by atoms with van der Waals surface area (Å²) in [6.45, 7) is 4.88. The molecule has 3 aromatic carbocycles. The molecule has 1 unspecified atom stereocenters. The van der Waals surface area contributed by atoms with E-state index in [1.54, 1.807) is 24.3 Å². The number of piperazine rings is 1. The van der Waals surface area contributed by atoms with Crippen LogP contribution in [0.2, 0.25) is 0 Å². The fourth-order valence-electron chi connectivity index (χ4n) is 4.94. The number of phenolic OH excluding ortho intramolecular Hbond substituents is 2. The lowest BCUT2D eigenvalue weighted by Gasteiger charge is -2.39. The molecule has 0 bridgehead atoms. The predicted octanol–water partition coefficient (Wildman–Crippen LogP) is 3.78. The largest absolute Gasteiger partial charge is 0.507 e. The highest BCUT2D eigenvalue weighted by Crippen LogP contribution is 2.31. The number of nitrogens with one attached hydrogen (secondary N) is 1. The normalized spacial score (nSPS) is 15.6. The third kappa shape index (κ3) is 5.17. The fourth-order valence-corrected chi connectivity index (χ4v) is 4.94. The third-order valence-electron chi connectivity index (χ3n) is 6.84. The molecule has 3 N–H and O–H groups in total. The SMILES string of the molecule is O=C(NCCN1CCN(C(c2ccccc2)c2ccncc2)CC1)c1cc2cccc(O)c2cc1O. The number of nitrogens with zero attached hydrogens (tertiary/aromatic N) is 3. The molecule has 1 aromatic heterocycles. The summed E-state index contributed by atoms with van der Waals surface area (Å²) >= 11 is 0. The number of pyridine rings is 1. The molecule has 2 heterocycles. The van der Waals surface area contributed by atoms with E-state index in [0.29, 0.717) is 17.3 Å². The number of aromatic nitrogens is 1. The molecule has 1 amide bonds. The summed E-state index contributed by atoms with van der Waals surface area (Å²) in [5.74, 6) is -0.385. The van der Waals surface area contributed by atoms with Crippen LogP contribution in [0.5, 0.6) is 11.5 Å². The Morgan fingerprint density at radius 2 is 1.58 bits per heavy atom. The summed E-state index contributed by atoms with van der Waals surface area (Å²) in [5.41, 5.74) is 2.72. The highest BCUT2D eigenvalue weighted by molar-refractivity contribution is 6.02. The zero-order valence-corrected chi connectivity index (χ0v) is 20.0. The van der Waals surface area contributed by atoms with E-state index < -0.39 is 0 Å². The maximum absolute atomic E-state index is 12.7. The minimum absolute atomic E-state index is 0.0762. The Balaban J connectivity index is 1.17. The van der Waals surface area contributed by atoms with Crippen LogP contribution in [0.15, 0.2) is 85.2 Å². The lowest BCUT2D eigenvalue weighted by Crippen LogP contribution is -2.49. The molecule has 0 radical (unpaired) electrons. The van der Waals surface area contributed by atoms with Crippen molar-refractivity contribution in [3.63, 3.8) is 0 Å². The van der Waals surface area contributed by atoms with Gasteiger partial charge >= 0.3 is 0 Å². The number of hydrogen-bond donors (Lipinski definition) is 3. The lowest BCUT2D eigenvalue weighted by atomic mass is 9.97. The smallest absolute Gasteiger partial charge is 0.255 e. The monoisotopic (exact) mass is 482 g/mol. The molecular formula is C29H30N4O3. The Hall–Kier alpha value is -3.94. The van der Waals surface area contributed by atoms with Crippen LogP contribution in [-0.2, 0) is 0 Å². The summed E-state index contributed by atoms with van der Waals surface area (Å²) in [7, 11) is 0. The van der Waals surface area contributed by atoms with Crippen LogP contribution in [0.3, 0.4) is 0 Å². The van der Waals surface area contributed by atoms with E-state index in [0.717, 1.165) is 32.7 Å². The van der Waals surface area contributed by atoms with E-state index in [1.165, 1.54) is 17.2 Å². The highest BCUT2D eigenvalue weighted by Gasteiger charge is 2.26. The topological polar surface area (TPSA) is 88.9 Å². The number of amides is 1. The van der Waals surface area contributed by atoms with Gasteiger partial charge in [-0.05, 0) is 46.8 Å². The first-order valence-corrected chi connectivity index (χ1v) is 12.2. The van der Waals surface area contributed by atoms with Crippen molar-refractivity contribution in [2.24, 2.45) is 0 Å². The number of benzene rings is 3. The number of carbonyl (C=O) groups excluding carboxylic acids is 1. The number of hydrogen-bond acceptors (Lipinski definition) is 6. The van der Waals surface area contributed by atoms with Crippen molar-refractivity contribution < 1.29 is 15.0 Å². The lowest BCUT2D eigenvalue weighted by molar-refractivity contribution is 0.0918. The van der Waals surface area contributed by atoms with Crippen LogP contribution >= 0.6 is 0 Å². The minimum atomic E-state index is -0.321. The van der Waals surface area contributed by atoms with Gasteiger partial charge in [-0.15, -0.1) is 0 Å². The Bertz CT molecular complexity index is 1280. The van der Waals surface area contributed by atoms with Crippen molar-refractivity contribution in [2.45, 2.75) is 6.04 Å². The molecule has 7 nitrogen and oxygen atoms in total. The van der Waals surface area contributed by atoms with E-state index in [-0.39, 0.29) is 29.0 Å². The second kappa shape index (κ2) is 10.8. The second-order valence-electron chi connectivity index (χ2n) is 9.09. The van der Waals surface area contributed by atoms with Gasteiger partial charge in [-0.2, -0.15) is 0 Å². The van der Waals surface area contributed by atoms with Crippen molar-refractivity contribution in [1.29, 1.82) is 0 Å². The number of aromatic hydroxyl groups is 2. The average Bonchev–Trinajstić information content (AvgIpc) is 2.91. The van der Waals surface area contributed by atoms with Crippen LogP contribution < -0.4 is 5.32 Å². The Morgan fingerprint density at radius 1 is 0.861 bits per heavy atom. The van der Waals surface area contributed by atoms with Crippen LogP contribution in [0.4, 0.5) is 0 Å². The average molecular weight is 483 g/mol. The maximum atomic E-state index is 12.7. The van der Waals surface area contributed by atoms with Gasteiger partial charge < -0.3 is 15.5 Å². The summed E-state index contributed by atoms with van der Waals surface area (Å²) < 4.78 is 0. The molecular weight excluding hydrogens is 452 g/mol. The van der Waals surface area contributed by atoms with Crippen molar-refractivity contribution >= 4 is 16.7 Å². The fraction of sp³-hybridized carbons (Fsp3) is 0.241. The Labute approximate surface area is 210 Å². The molecule has 0 aliphatic carbocycles. The van der Waals surface area contributed by atoms with Crippen LogP contribution in [0.1, 0.15) is 27.5 Å². The van der Waals surface area contributed by atoms with Gasteiger partial charge in [-0.25, -0.2) is 0 Å². The van der Waals surface area contributed by atoms with Crippen LogP contribution in [-0.4, -0.2) is 70.2 Å². The molecule has 0 spiro atoms. The molecule has 4 aromatic rings. The zero-order chi connectivity index (χ0) is 24.9. The van der Waals surface area contributed by atoms with E-state index in [4.69, 9.17) is 0 Å². The van der Waals surface area contributed by atoms with Crippen LogP contribution in [0.25, 0.3) is 10.8 Å². The number of rotatable bonds is 7. The summed E-state index contributed by atoms with van der Waals surface area (Å²) in [4.78, 5) is 21.8. The van der Waals surface area contributed by atoms with E-state index in [9.17, 15) is 15.0 Å². The first kappa shape index (κ1) is 23.8. The van der Waals surface area contributed by atoms with Gasteiger partial charge in [-0.3, -0.25) is 19.6 Å². The molecule has 1 atom stereocenters. The predicted molar refractivity (Wildman–Crippen MR) is 140 cm³/mol. The van der Waals surface area contributed by atoms with Gasteiger partial charge in [-0.1, -0.05) is 42.5 Å². The van der Waals surface area contributed by atoms with Gasteiger partial charge in [0, 0.05) is 57.0 Å². The standard InChI is InChI=1S/C29H30N4O3/c34-26-8-4-7-23-19-25(27(35)20-24(23)26)29(36)31-13-14-32-15-17-33(18-16-32)28(21-5-2-1-3-6-21)22-9-11-30-12-10-22/h1-12,19-20,28,34-35H,13-18H2,(H,31,36). The molecule has 184 valence electrons. The van der Waals surface area contributed by atoms with Crippen molar-refractivity contribution in [1.82, 2.24) is 20.1 Å². The van der Waals surface area contributed by atoms with Crippen molar-refractivity contribution in [3.05, 3.63) is 102 Å². The first-order chi connectivity index (χ1) is 17.6. The van der Waals surface area contributed by atoms with E-state index in [1.807, 2.05) is 18.5 Å². The second-order valence-corrected chi connectivity index (χ2v) is 9.09. The summed E-state index contributed by atoms with van der Waals surface area (Å²) in [6, 6.07) is 23.0. The molecule has 1 fully saturated rings. The quantitative estimate of drug-likeness (QED) is 0.372. The van der Waals surface area contributed by atoms with Crippen molar-refractivity contribution in [2.75, 3.05) is 39.3 Å². The van der Waals surface area contributed by atoms with Crippen molar-refractivity contribution in [3.8, 4) is 11.5 Å². The molecule has 1 aliphatic rings. The van der Waals surface area contributed by atoms with Gasteiger partial charge in [0.2, 0.25) is 0 Å². The Morgan fingerprint density at radius 3 is 2.33 bits per heavy atom. The third-order valence-corrected chi connectivity index (χ3v) is 6.84. The minimum Gasteiger partial charge on any atom is -0.507 e. The molecule has 7 heteroatoms. The molecule has 1 saturated heterocycles. The van der Waals surface area contributed by atoms with Gasteiger partial charge in [0.15, 0.2) is 0 Å². The highest BCUT2D eigenvalue weighted by atomic mass is 16.3. The molecule has 36 heavy (non-hydrogen) atoms. The number of carbonyl (C=O) groups is 1. The van der Waals surface area contributed by atoms with Gasteiger partial charge in [0.05, 0.1) is 11.6 Å². The molecule has 1 aliphatic heterocycles. The number of phenols is 2. The molecule has 5 rings (SSSR count). The maximum Gasteiger partial charge on any atom is 0.255 e. The van der Waals surface area contributed by atoms with Crippen LogP contribution in [0, 0.1) is 0 Å². The van der Waals surface area contributed by atoms with E-state index >= 15 is 0 Å². The summed E-state index contributed by atoms with van der Waals surface area (Å²) in [6.07, 6.45) is 3.69.